The van der Waals surface area contributed by atoms with Crippen LogP contribution in [-0.2, 0) is 6.42 Å². The number of ether oxygens (including phenoxy) is 1. The Hall–Kier alpha value is -2.20. The Kier molecular flexibility index (Phi) is 7.65. The Morgan fingerprint density at radius 1 is 1.23 bits per heavy atom. The van der Waals surface area contributed by atoms with Crippen molar-refractivity contribution in [2.45, 2.75) is 12.8 Å². The van der Waals surface area contributed by atoms with Crippen LogP contribution in [0.15, 0.2) is 24.3 Å². The molecule has 0 radical (unpaired) electrons. The van der Waals surface area contributed by atoms with E-state index in [1.165, 1.54) is 35.6 Å². The molecule has 0 fully saturated rings. The van der Waals surface area contributed by atoms with Gasteiger partial charge >= 0.3 is 6.03 Å². The van der Waals surface area contributed by atoms with E-state index in [0.717, 1.165) is 0 Å². The number of carbonyl (C=O) groups is 1. The predicted molar refractivity (Wildman–Crippen MR) is 116 cm³/mol. The minimum Gasteiger partial charge on any atom is -0.490 e. The van der Waals surface area contributed by atoms with Gasteiger partial charge in [0.25, 0.3) is 0 Å². The lowest BCUT2D eigenvalue weighted by molar-refractivity contribution is 0.252. The molecular formula is C19H18Cl2F2N4O2S. The van der Waals surface area contributed by atoms with Crippen LogP contribution >= 0.6 is 34.5 Å². The van der Waals surface area contributed by atoms with E-state index < -0.39 is 17.7 Å². The SMILES string of the molecule is NCCCNC(=O)Nc1nc2cc(F)c(OCCc3c(Cl)ccc(F)c3Cl)cc2s1. The molecule has 1 heterocycles. The molecule has 2 aromatic carbocycles. The number of carbonyl (C=O) groups excluding carboxylic acids is 1. The van der Waals surface area contributed by atoms with Gasteiger partial charge < -0.3 is 15.8 Å². The van der Waals surface area contributed by atoms with Crippen molar-refractivity contribution in [3.05, 3.63) is 51.5 Å². The molecule has 0 aliphatic rings. The first-order chi connectivity index (χ1) is 14.4. The number of benzene rings is 2. The highest BCUT2D eigenvalue weighted by Gasteiger charge is 2.14. The first kappa shape index (κ1) is 22.5. The zero-order valence-corrected chi connectivity index (χ0v) is 17.9. The summed E-state index contributed by atoms with van der Waals surface area (Å²) in [7, 11) is 0. The van der Waals surface area contributed by atoms with Crippen molar-refractivity contribution in [3.8, 4) is 5.75 Å². The average Bonchev–Trinajstić information content (AvgIpc) is 3.08. The molecule has 160 valence electrons. The topological polar surface area (TPSA) is 89.3 Å². The minimum atomic E-state index is -0.608. The van der Waals surface area contributed by atoms with Gasteiger partial charge in [0.2, 0.25) is 0 Å². The van der Waals surface area contributed by atoms with Gasteiger partial charge in [0.1, 0.15) is 5.82 Å². The van der Waals surface area contributed by atoms with E-state index in [0.29, 0.717) is 45.4 Å². The molecule has 1 aromatic heterocycles. The molecule has 3 rings (SSSR count). The summed E-state index contributed by atoms with van der Waals surface area (Å²) in [5.41, 5.74) is 6.16. The van der Waals surface area contributed by atoms with Crippen molar-refractivity contribution in [1.29, 1.82) is 0 Å². The standard InChI is InChI=1S/C19H18Cl2F2N4O2S/c20-11-2-3-12(22)17(21)10(11)4-7-29-15-9-16-14(8-13(15)23)26-19(30-16)27-18(28)25-6-1-5-24/h2-3,8-9H,1,4-7,24H2,(H2,25,26,27,28). The van der Waals surface area contributed by atoms with Gasteiger partial charge in [-0.15, -0.1) is 0 Å². The van der Waals surface area contributed by atoms with E-state index in [4.69, 9.17) is 33.7 Å². The maximum absolute atomic E-state index is 14.4. The van der Waals surface area contributed by atoms with Gasteiger partial charge in [-0.25, -0.2) is 18.6 Å². The quantitative estimate of drug-likeness (QED) is 0.317. The largest absolute Gasteiger partial charge is 0.490 e. The maximum atomic E-state index is 14.4. The van der Waals surface area contributed by atoms with Gasteiger partial charge in [-0.2, -0.15) is 0 Å². The molecule has 0 saturated carbocycles. The van der Waals surface area contributed by atoms with E-state index in [9.17, 15) is 13.6 Å². The van der Waals surface area contributed by atoms with Crippen molar-refractivity contribution in [1.82, 2.24) is 10.3 Å². The van der Waals surface area contributed by atoms with Gasteiger partial charge in [-0.1, -0.05) is 34.5 Å². The summed E-state index contributed by atoms with van der Waals surface area (Å²) in [6.07, 6.45) is 0.858. The average molecular weight is 475 g/mol. The molecule has 0 spiro atoms. The second-order valence-corrected chi connectivity index (χ2v) is 8.03. The lowest BCUT2D eigenvalue weighted by Crippen LogP contribution is -2.30. The van der Waals surface area contributed by atoms with E-state index >= 15 is 0 Å². The number of halogens is 4. The number of hydrogen-bond acceptors (Lipinski definition) is 5. The maximum Gasteiger partial charge on any atom is 0.321 e. The third kappa shape index (κ3) is 5.48. The van der Waals surface area contributed by atoms with Crippen LogP contribution in [0.5, 0.6) is 5.75 Å². The molecule has 0 atom stereocenters. The van der Waals surface area contributed by atoms with E-state index in [-0.39, 0.29) is 23.8 Å². The number of rotatable bonds is 8. The molecule has 30 heavy (non-hydrogen) atoms. The third-order valence-electron chi connectivity index (χ3n) is 4.08. The molecule has 6 nitrogen and oxygen atoms in total. The summed E-state index contributed by atoms with van der Waals surface area (Å²) in [6.45, 7) is 0.957. The number of urea groups is 1. The first-order valence-electron chi connectivity index (χ1n) is 8.99. The summed E-state index contributed by atoms with van der Waals surface area (Å²) in [5.74, 6) is -1.18. The summed E-state index contributed by atoms with van der Waals surface area (Å²) >= 11 is 13.2. The number of anilines is 1. The summed E-state index contributed by atoms with van der Waals surface area (Å²) in [4.78, 5) is 16.0. The molecule has 11 heteroatoms. The van der Waals surface area contributed by atoms with Gasteiger partial charge in [0.15, 0.2) is 16.7 Å². The first-order valence-corrected chi connectivity index (χ1v) is 10.6. The van der Waals surface area contributed by atoms with E-state index in [1.54, 1.807) is 0 Å². The van der Waals surface area contributed by atoms with Gasteiger partial charge in [-0.3, -0.25) is 5.32 Å². The number of hydrogen-bond donors (Lipinski definition) is 3. The van der Waals surface area contributed by atoms with Crippen molar-refractivity contribution < 1.29 is 18.3 Å². The van der Waals surface area contributed by atoms with E-state index in [2.05, 4.69) is 15.6 Å². The molecule has 0 aliphatic carbocycles. The number of thiazole rings is 1. The fourth-order valence-electron chi connectivity index (χ4n) is 2.60. The Bertz CT molecular complexity index is 1060. The lowest BCUT2D eigenvalue weighted by atomic mass is 10.1. The Morgan fingerprint density at radius 3 is 2.80 bits per heavy atom. The second kappa shape index (κ2) is 10.2. The van der Waals surface area contributed by atoms with Crippen LogP contribution in [0, 0.1) is 11.6 Å². The fourth-order valence-corrected chi connectivity index (χ4v) is 4.03. The molecule has 0 saturated heterocycles. The molecule has 0 bridgehead atoms. The van der Waals surface area contributed by atoms with Crippen LogP contribution in [0.2, 0.25) is 10.0 Å². The number of aromatic nitrogens is 1. The highest BCUT2D eigenvalue weighted by atomic mass is 35.5. The van der Waals surface area contributed by atoms with Crippen LogP contribution in [-0.4, -0.2) is 30.7 Å². The highest BCUT2D eigenvalue weighted by molar-refractivity contribution is 7.22. The van der Waals surface area contributed by atoms with Gasteiger partial charge in [-0.05, 0) is 30.7 Å². The van der Waals surface area contributed by atoms with Gasteiger partial charge in [0, 0.05) is 30.1 Å². The molecule has 0 unspecified atom stereocenters. The number of fused-ring (bicyclic) bond motifs is 1. The monoisotopic (exact) mass is 474 g/mol. The Morgan fingerprint density at radius 2 is 2.03 bits per heavy atom. The van der Waals surface area contributed by atoms with Crippen LogP contribution < -0.4 is 21.1 Å². The number of amides is 2. The predicted octanol–water partition coefficient (Wildman–Crippen LogP) is 4.97. The molecular weight excluding hydrogens is 457 g/mol. The second-order valence-electron chi connectivity index (χ2n) is 6.21. The fraction of sp³-hybridized carbons (Fsp3) is 0.263. The van der Waals surface area contributed by atoms with Crippen molar-refractivity contribution in [2.75, 3.05) is 25.0 Å². The molecule has 0 aliphatic heterocycles. The summed E-state index contributed by atoms with van der Waals surface area (Å²) in [5, 5.41) is 5.80. The summed E-state index contributed by atoms with van der Waals surface area (Å²) in [6, 6.07) is 4.89. The van der Waals surface area contributed by atoms with Crippen LogP contribution in [0.3, 0.4) is 0 Å². The van der Waals surface area contributed by atoms with Crippen molar-refractivity contribution in [3.63, 3.8) is 0 Å². The van der Waals surface area contributed by atoms with Crippen LogP contribution in [0.25, 0.3) is 10.2 Å². The molecule has 4 N–H and O–H groups in total. The van der Waals surface area contributed by atoms with Crippen molar-refractivity contribution in [2.24, 2.45) is 5.73 Å². The normalized spacial score (nSPS) is 11.0. The lowest BCUT2D eigenvalue weighted by Gasteiger charge is -2.10. The zero-order valence-electron chi connectivity index (χ0n) is 15.6. The third-order valence-corrected chi connectivity index (χ3v) is 5.77. The summed E-state index contributed by atoms with van der Waals surface area (Å²) < 4.78 is 34.1. The highest BCUT2D eigenvalue weighted by Crippen LogP contribution is 2.32. The van der Waals surface area contributed by atoms with Crippen LogP contribution in [0.4, 0.5) is 18.7 Å². The number of nitrogens with one attached hydrogen (secondary N) is 2. The number of nitrogens with zero attached hydrogens (tertiary/aromatic N) is 1. The Labute approximate surface area is 185 Å². The molecule has 2 amide bonds. The van der Waals surface area contributed by atoms with E-state index in [1.807, 2.05) is 0 Å². The Balaban J connectivity index is 1.66. The van der Waals surface area contributed by atoms with Crippen LogP contribution in [0.1, 0.15) is 12.0 Å². The van der Waals surface area contributed by atoms with Gasteiger partial charge in [0.05, 0.1) is 21.8 Å². The zero-order chi connectivity index (χ0) is 21.7. The minimum absolute atomic E-state index is 0.00810. The smallest absolute Gasteiger partial charge is 0.321 e. The number of nitrogens with two attached hydrogens (primary N) is 1. The van der Waals surface area contributed by atoms with Crippen molar-refractivity contribution >= 4 is 55.9 Å². The molecule has 3 aromatic rings.